The maximum absolute atomic E-state index is 13.6. The van der Waals surface area contributed by atoms with Crippen LogP contribution in [0.1, 0.15) is 43.7 Å². The number of hydrogen-bond donors (Lipinski definition) is 1. The minimum Gasteiger partial charge on any atom is -0.352 e. The third-order valence-corrected chi connectivity index (χ3v) is 7.82. The Kier molecular flexibility index (Phi) is 9.14. The van der Waals surface area contributed by atoms with Gasteiger partial charge in [0.2, 0.25) is 21.8 Å². The maximum atomic E-state index is 13.6. The molecule has 0 spiro atoms. The summed E-state index contributed by atoms with van der Waals surface area (Å²) >= 11 is 6.12. The zero-order valence-electron chi connectivity index (χ0n) is 21.0. The standard InChI is InChI=1S/C25H31ClN4O6S/c1-17-11-12-22(30(33)34)14-23(17)29(37(3,35)36)16-24(31)28(15-19-7-6-8-20(26)13-19)18(2)25(32)27-21-9-4-5-10-21/h6-8,11-14,18,21H,4-5,9-10,15-16H2,1-3H3,(H,27,32)/t18-/m1/s1. The number of rotatable bonds is 10. The molecule has 0 aliphatic heterocycles. The van der Waals surface area contributed by atoms with Crippen LogP contribution < -0.4 is 9.62 Å². The molecule has 0 aromatic heterocycles. The van der Waals surface area contributed by atoms with Gasteiger partial charge in [-0.15, -0.1) is 0 Å². The molecule has 1 atom stereocenters. The molecule has 12 heteroatoms. The number of nitrogens with one attached hydrogen (secondary N) is 1. The summed E-state index contributed by atoms with van der Waals surface area (Å²) in [5, 5.41) is 14.8. The van der Waals surface area contributed by atoms with Gasteiger partial charge in [0.15, 0.2) is 0 Å². The van der Waals surface area contributed by atoms with Gasteiger partial charge < -0.3 is 10.2 Å². The summed E-state index contributed by atoms with van der Waals surface area (Å²) in [5.41, 5.74) is 0.827. The van der Waals surface area contributed by atoms with Crippen LogP contribution in [0.15, 0.2) is 42.5 Å². The summed E-state index contributed by atoms with van der Waals surface area (Å²) in [7, 11) is -4.01. The molecule has 2 amide bonds. The highest BCUT2D eigenvalue weighted by molar-refractivity contribution is 7.92. The fourth-order valence-electron chi connectivity index (χ4n) is 4.38. The Morgan fingerprint density at radius 3 is 2.46 bits per heavy atom. The predicted molar refractivity (Wildman–Crippen MR) is 142 cm³/mol. The lowest BCUT2D eigenvalue weighted by Crippen LogP contribution is -2.52. The van der Waals surface area contributed by atoms with Crippen molar-refractivity contribution in [1.29, 1.82) is 0 Å². The van der Waals surface area contributed by atoms with E-state index in [4.69, 9.17) is 11.6 Å². The second-order valence-electron chi connectivity index (χ2n) is 9.32. The minimum atomic E-state index is -4.01. The van der Waals surface area contributed by atoms with Gasteiger partial charge in [0.1, 0.15) is 12.6 Å². The molecule has 3 rings (SSSR count). The number of nitro groups is 1. The van der Waals surface area contributed by atoms with Gasteiger partial charge in [0.25, 0.3) is 5.69 Å². The molecule has 1 aliphatic carbocycles. The lowest BCUT2D eigenvalue weighted by atomic mass is 10.1. The first kappa shape index (κ1) is 28.4. The Morgan fingerprint density at radius 1 is 1.19 bits per heavy atom. The average Bonchev–Trinajstić information content (AvgIpc) is 3.33. The van der Waals surface area contributed by atoms with Crippen molar-refractivity contribution in [3.63, 3.8) is 0 Å². The first-order chi connectivity index (χ1) is 17.4. The quantitative estimate of drug-likeness (QED) is 0.354. The van der Waals surface area contributed by atoms with Crippen LogP contribution in [0.2, 0.25) is 5.02 Å². The van der Waals surface area contributed by atoms with E-state index in [1.54, 1.807) is 38.1 Å². The molecule has 1 fully saturated rings. The molecule has 37 heavy (non-hydrogen) atoms. The second kappa shape index (κ2) is 11.9. The number of nitrogens with zero attached hydrogens (tertiary/aromatic N) is 3. The zero-order valence-corrected chi connectivity index (χ0v) is 22.6. The van der Waals surface area contributed by atoms with E-state index in [0.29, 0.717) is 16.1 Å². The van der Waals surface area contributed by atoms with Gasteiger partial charge in [0.05, 0.1) is 16.9 Å². The first-order valence-corrected chi connectivity index (χ1v) is 14.2. The molecule has 10 nitrogen and oxygen atoms in total. The summed E-state index contributed by atoms with van der Waals surface area (Å²) in [6, 6.07) is 9.79. The van der Waals surface area contributed by atoms with Crippen molar-refractivity contribution in [2.24, 2.45) is 0 Å². The number of aryl methyl sites for hydroxylation is 1. The molecule has 1 N–H and O–H groups in total. The van der Waals surface area contributed by atoms with Crippen molar-refractivity contribution in [3.05, 3.63) is 68.7 Å². The lowest BCUT2D eigenvalue weighted by molar-refractivity contribution is -0.384. The van der Waals surface area contributed by atoms with Crippen LogP contribution in [0.3, 0.4) is 0 Å². The normalized spacial score (nSPS) is 14.7. The van der Waals surface area contributed by atoms with E-state index in [0.717, 1.165) is 42.3 Å². The fourth-order valence-corrected chi connectivity index (χ4v) is 5.49. The largest absolute Gasteiger partial charge is 0.352 e. The molecular formula is C25H31ClN4O6S. The number of nitro benzene ring substituents is 1. The van der Waals surface area contributed by atoms with Gasteiger partial charge in [-0.25, -0.2) is 8.42 Å². The van der Waals surface area contributed by atoms with E-state index in [1.807, 2.05) is 0 Å². The van der Waals surface area contributed by atoms with Crippen molar-refractivity contribution in [1.82, 2.24) is 10.2 Å². The Balaban J connectivity index is 1.94. The molecule has 200 valence electrons. The number of benzene rings is 2. The van der Waals surface area contributed by atoms with Crippen molar-refractivity contribution < 1.29 is 22.9 Å². The fraction of sp³-hybridized carbons (Fsp3) is 0.440. The van der Waals surface area contributed by atoms with Gasteiger partial charge in [0, 0.05) is 29.7 Å². The monoisotopic (exact) mass is 550 g/mol. The van der Waals surface area contributed by atoms with E-state index in [2.05, 4.69) is 5.32 Å². The van der Waals surface area contributed by atoms with Crippen molar-refractivity contribution in [2.45, 2.75) is 58.2 Å². The van der Waals surface area contributed by atoms with Crippen molar-refractivity contribution >= 4 is 44.8 Å². The molecular weight excluding hydrogens is 520 g/mol. The van der Waals surface area contributed by atoms with Gasteiger partial charge >= 0.3 is 0 Å². The smallest absolute Gasteiger partial charge is 0.271 e. The first-order valence-electron chi connectivity index (χ1n) is 11.9. The van der Waals surface area contributed by atoms with Crippen LogP contribution in [-0.2, 0) is 26.2 Å². The number of hydrogen-bond acceptors (Lipinski definition) is 6. The molecule has 0 heterocycles. The van der Waals surface area contributed by atoms with Gasteiger partial charge in [-0.05, 0) is 49.9 Å². The van der Waals surface area contributed by atoms with Crippen LogP contribution in [-0.4, -0.2) is 54.9 Å². The highest BCUT2D eigenvalue weighted by atomic mass is 35.5. The van der Waals surface area contributed by atoms with Gasteiger partial charge in [-0.2, -0.15) is 0 Å². The Hall–Kier alpha value is -3.18. The van der Waals surface area contributed by atoms with E-state index < -0.39 is 33.4 Å². The highest BCUT2D eigenvalue weighted by Crippen LogP contribution is 2.28. The summed E-state index contributed by atoms with van der Waals surface area (Å²) < 4.78 is 26.3. The molecule has 1 saturated carbocycles. The molecule has 2 aromatic carbocycles. The molecule has 1 aliphatic rings. The minimum absolute atomic E-state index is 0.0180. The van der Waals surface area contributed by atoms with Crippen LogP contribution in [0.25, 0.3) is 0 Å². The third kappa shape index (κ3) is 7.42. The average molecular weight is 551 g/mol. The second-order valence-corrected chi connectivity index (χ2v) is 11.7. The summed E-state index contributed by atoms with van der Waals surface area (Å²) in [4.78, 5) is 38.7. The van der Waals surface area contributed by atoms with Crippen LogP contribution >= 0.6 is 11.6 Å². The number of anilines is 1. The number of sulfonamides is 1. The molecule has 0 unspecified atom stereocenters. The van der Waals surface area contributed by atoms with Crippen molar-refractivity contribution in [3.8, 4) is 0 Å². The summed E-state index contributed by atoms with van der Waals surface area (Å²) in [6.07, 6.45) is 4.71. The number of amides is 2. The summed E-state index contributed by atoms with van der Waals surface area (Å²) in [5.74, 6) is -0.968. The Morgan fingerprint density at radius 2 is 1.86 bits per heavy atom. The van der Waals surface area contributed by atoms with Gasteiger partial charge in [-0.3, -0.25) is 24.0 Å². The lowest BCUT2D eigenvalue weighted by Gasteiger charge is -2.32. The predicted octanol–water partition coefficient (Wildman–Crippen LogP) is 3.80. The topological polar surface area (TPSA) is 130 Å². The van der Waals surface area contributed by atoms with E-state index in [1.165, 1.54) is 17.0 Å². The number of halogens is 1. The number of carbonyl (C=O) groups is 2. The molecule has 0 radical (unpaired) electrons. The SMILES string of the molecule is Cc1ccc([N+](=O)[O-])cc1N(CC(=O)N(Cc1cccc(Cl)c1)[C@H](C)C(=O)NC1CCCC1)S(C)(=O)=O. The van der Waals surface area contributed by atoms with Crippen LogP contribution in [0.4, 0.5) is 11.4 Å². The maximum Gasteiger partial charge on any atom is 0.271 e. The zero-order chi connectivity index (χ0) is 27.3. The summed E-state index contributed by atoms with van der Waals surface area (Å²) in [6.45, 7) is 2.58. The molecule has 0 bridgehead atoms. The molecule has 2 aromatic rings. The Labute approximate surface area is 221 Å². The van der Waals surface area contributed by atoms with Gasteiger partial charge in [-0.1, -0.05) is 42.6 Å². The van der Waals surface area contributed by atoms with Crippen LogP contribution in [0.5, 0.6) is 0 Å². The van der Waals surface area contributed by atoms with Crippen molar-refractivity contribution in [2.75, 3.05) is 17.1 Å². The van der Waals surface area contributed by atoms with E-state index in [-0.39, 0.29) is 29.9 Å². The highest BCUT2D eigenvalue weighted by Gasteiger charge is 2.32. The van der Waals surface area contributed by atoms with E-state index in [9.17, 15) is 28.1 Å². The number of non-ortho nitro benzene ring substituents is 1. The Bertz CT molecular complexity index is 1280. The van der Waals surface area contributed by atoms with E-state index >= 15 is 0 Å². The molecule has 0 saturated heterocycles. The third-order valence-electron chi connectivity index (χ3n) is 6.46. The number of carbonyl (C=O) groups excluding carboxylic acids is 2. The van der Waals surface area contributed by atoms with Crippen LogP contribution in [0, 0.1) is 17.0 Å².